The number of thioether (sulfide) groups is 1. The molecule has 0 aromatic rings. The first kappa shape index (κ1) is 13.2. The van der Waals surface area contributed by atoms with Gasteiger partial charge in [-0.1, -0.05) is 0 Å². The molecule has 0 radical (unpaired) electrons. The Hall–Kier alpha value is -0.270. The van der Waals surface area contributed by atoms with Gasteiger partial charge in [0.05, 0.1) is 6.54 Å². The molecule has 0 spiro atoms. The fraction of sp³-hybridized carbons (Fsp3) is 0.900. The number of rotatable bonds is 4. The SMILES string of the molecule is CS(=O)(=O)C1CSCCN1C(=O)CNC1CC1. The molecule has 17 heavy (non-hydrogen) atoms. The van der Waals surface area contributed by atoms with Crippen molar-refractivity contribution in [3.8, 4) is 0 Å². The van der Waals surface area contributed by atoms with Gasteiger partial charge in [0.25, 0.3) is 0 Å². The highest BCUT2D eigenvalue weighted by Gasteiger charge is 2.34. The summed E-state index contributed by atoms with van der Waals surface area (Å²) >= 11 is 1.59. The van der Waals surface area contributed by atoms with E-state index < -0.39 is 15.2 Å². The molecule has 0 aromatic carbocycles. The van der Waals surface area contributed by atoms with Crippen molar-refractivity contribution in [1.29, 1.82) is 0 Å². The monoisotopic (exact) mass is 278 g/mol. The molecule has 1 saturated heterocycles. The van der Waals surface area contributed by atoms with E-state index in [1.54, 1.807) is 11.8 Å². The van der Waals surface area contributed by atoms with E-state index in [-0.39, 0.29) is 12.5 Å². The number of hydrogen-bond acceptors (Lipinski definition) is 5. The minimum Gasteiger partial charge on any atom is -0.323 e. The Labute approximate surface area is 106 Å². The van der Waals surface area contributed by atoms with Gasteiger partial charge < -0.3 is 10.2 Å². The van der Waals surface area contributed by atoms with Crippen molar-refractivity contribution in [3.63, 3.8) is 0 Å². The Bertz CT molecular complexity index is 392. The molecule has 0 aromatic heterocycles. The van der Waals surface area contributed by atoms with Crippen molar-refractivity contribution in [2.24, 2.45) is 0 Å². The molecule has 1 saturated carbocycles. The Morgan fingerprint density at radius 3 is 2.76 bits per heavy atom. The third kappa shape index (κ3) is 3.59. The van der Waals surface area contributed by atoms with Crippen molar-refractivity contribution < 1.29 is 13.2 Å². The van der Waals surface area contributed by atoms with Crippen molar-refractivity contribution in [2.45, 2.75) is 24.3 Å². The molecule has 2 fully saturated rings. The van der Waals surface area contributed by atoms with Crippen LogP contribution in [-0.2, 0) is 14.6 Å². The van der Waals surface area contributed by atoms with E-state index in [0.29, 0.717) is 18.3 Å². The first-order valence-electron chi connectivity index (χ1n) is 5.78. The highest BCUT2D eigenvalue weighted by molar-refractivity contribution is 8.00. The van der Waals surface area contributed by atoms with Crippen molar-refractivity contribution in [1.82, 2.24) is 10.2 Å². The molecule has 2 aliphatic rings. The molecule has 98 valence electrons. The van der Waals surface area contributed by atoms with Gasteiger partial charge in [-0.05, 0) is 12.8 Å². The highest BCUT2D eigenvalue weighted by Crippen LogP contribution is 2.21. The van der Waals surface area contributed by atoms with Gasteiger partial charge in [-0.25, -0.2) is 8.42 Å². The molecule has 5 nitrogen and oxygen atoms in total. The molecule has 1 heterocycles. The summed E-state index contributed by atoms with van der Waals surface area (Å²) in [5.74, 6) is 1.22. The van der Waals surface area contributed by atoms with Crippen LogP contribution in [0.5, 0.6) is 0 Å². The van der Waals surface area contributed by atoms with Crippen LogP contribution in [0.3, 0.4) is 0 Å². The summed E-state index contributed by atoms with van der Waals surface area (Å²) in [4.78, 5) is 13.5. The lowest BCUT2D eigenvalue weighted by Crippen LogP contribution is -2.52. The van der Waals surface area contributed by atoms with Crippen LogP contribution in [0.25, 0.3) is 0 Å². The quantitative estimate of drug-likeness (QED) is 0.764. The second kappa shape index (κ2) is 5.16. The lowest BCUT2D eigenvalue weighted by molar-refractivity contribution is -0.130. The summed E-state index contributed by atoms with van der Waals surface area (Å²) in [7, 11) is -3.19. The van der Waals surface area contributed by atoms with Crippen molar-refractivity contribution in [3.05, 3.63) is 0 Å². The number of carbonyl (C=O) groups excluding carboxylic acids is 1. The Morgan fingerprint density at radius 1 is 1.47 bits per heavy atom. The van der Waals surface area contributed by atoms with Crippen LogP contribution >= 0.6 is 11.8 Å². The van der Waals surface area contributed by atoms with Gasteiger partial charge in [0.15, 0.2) is 9.84 Å². The van der Waals surface area contributed by atoms with Crippen LogP contribution < -0.4 is 5.32 Å². The summed E-state index contributed by atoms with van der Waals surface area (Å²) in [5.41, 5.74) is 0. The van der Waals surface area contributed by atoms with Crippen LogP contribution in [0.15, 0.2) is 0 Å². The zero-order valence-corrected chi connectivity index (χ0v) is 11.5. The molecule has 1 aliphatic carbocycles. The van der Waals surface area contributed by atoms with Gasteiger partial charge in [0, 0.05) is 30.3 Å². The maximum atomic E-state index is 12.0. The zero-order chi connectivity index (χ0) is 12.5. The Kier molecular flexibility index (Phi) is 3.99. The zero-order valence-electron chi connectivity index (χ0n) is 9.89. The standard InChI is InChI=1S/C10H18N2O3S2/c1-17(14,15)10-7-16-5-4-12(10)9(13)6-11-8-2-3-8/h8,10-11H,2-7H2,1H3. The maximum Gasteiger partial charge on any atom is 0.237 e. The summed E-state index contributed by atoms with van der Waals surface area (Å²) in [5, 5.41) is 2.49. The third-order valence-corrected chi connectivity index (χ3v) is 5.66. The number of sulfone groups is 1. The van der Waals surface area contributed by atoms with Gasteiger partial charge >= 0.3 is 0 Å². The van der Waals surface area contributed by atoms with Gasteiger partial charge in [-0.15, -0.1) is 0 Å². The minimum absolute atomic E-state index is 0.0902. The second-order valence-electron chi connectivity index (χ2n) is 4.60. The van der Waals surface area contributed by atoms with Crippen LogP contribution in [0.1, 0.15) is 12.8 Å². The number of nitrogens with zero attached hydrogens (tertiary/aromatic N) is 1. The van der Waals surface area contributed by atoms with E-state index in [4.69, 9.17) is 0 Å². The molecule has 1 N–H and O–H groups in total. The molecule has 7 heteroatoms. The van der Waals surface area contributed by atoms with Crippen LogP contribution in [0, 0.1) is 0 Å². The van der Waals surface area contributed by atoms with Crippen molar-refractivity contribution in [2.75, 3.05) is 30.9 Å². The Morgan fingerprint density at radius 2 is 2.18 bits per heavy atom. The lowest BCUT2D eigenvalue weighted by Gasteiger charge is -2.34. The normalized spacial score (nSPS) is 25.9. The molecule has 1 aliphatic heterocycles. The van der Waals surface area contributed by atoms with E-state index in [0.717, 1.165) is 18.6 Å². The van der Waals surface area contributed by atoms with Crippen molar-refractivity contribution >= 4 is 27.5 Å². The fourth-order valence-corrected chi connectivity index (χ4v) is 4.68. The van der Waals surface area contributed by atoms with Gasteiger partial charge in [-0.3, -0.25) is 4.79 Å². The molecule has 0 bridgehead atoms. The van der Waals surface area contributed by atoms with Gasteiger partial charge in [-0.2, -0.15) is 11.8 Å². The molecule has 1 amide bonds. The van der Waals surface area contributed by atoms with Gasteiger partial charge in [0.1, 0.15) is 5.37 Å². The van der Waals surface area contributed by atoms with Crippen LogP contribution in [-0.4, -0.2) is 61.5 Å². The van der Waals surface area contributed by atoms with E-state index in [2.05, 4.69) is 5.32 Å². The van der Waals surface area contributed by atoms with Gasteiger partial charge in [0.2, 0.25) is 5.91 Å². The van der Waals surface area contributed by atoms with Crippen LogP contribution in [0.2, 0.25) is 0 Å². The molecular weight excluding hydrogens is 260 g/mol. The number of hydrogen-bond donors (Lipinski definition) is 1. The Balaban J connectivity index is 1.96. The molecule has 1 unspecified atom stereocenters. The van der Waals surface area contributed by atoms with E-state index in [1.165, 1.54) is 11.2 Å². The average Bonchev–Trinajstić information content (AvgIpc) is 3.08. The minimum atomic E-state index is -3.19. The topological polar surface area (TPSA) is 66.5 Å². The largest absolute Gasteiger partial charge is 0.323 e. The predicted molar refractivity (Wildman–Crippen MR) is 68.7 cm³/mol. The van der Waals surface area contributed by atoms with E-state index in [1.807, 2.05) is 0 Å². The van der Waals surface area contributed by atoms with E-state index in [9.17, 15) is 13.2 Å². The number of carbonyl (C=O) groups is 1. The highest BCUT2D eigenvalue weighted by atomic mass is 32.2. The predicted octanol–water partition coefficient (Wildman–Crippen LogP) is -0.315. The molecular formula is C10H18N2O3S2. The number of amides is 1. The summed E-state index contributed by atoms with van der Waals surface area (Å²) in [6.45, 7) is 0.801. The van der Waals surface area contributed by atoms with Crippen LogP contribution in [0.4, 0.5) is 0 Å². The lowest BCUT2D eigenvalue weighted by atomic mass is 10.4. The maximum absolute atomic E-state index is 12.0. The first-order chi connectivity index (χ1) is 7.98. The molecule has 2 rings (SSSR count). The van der Waals surface area contributed by atoms with E-state index >= 15 is 0 Å². The third-order valence-electron chi connectivity index (χ3n) is 3.02. The molecule has 1 atom stereocenters. The average molecular weight is 278 g/mol. The fourth-order valence-electron chi connectivity index (χ4n) is 1.84. The summed E-state index contributed by atoms with van der Waals surface area (Å²) < 4.78 is 23.2. The summed E-state index contributed by atoms with van der Waals surface area (Å²) in [6.07, 6.45) is 3.45. The summed E-state index contributed by atoms with van der Waals surface area (Å²) in [6, 6.07) is 0.467. The second-order valence-corrected chi connectivity index (χ2v) is 7.95. The first-order valence-corrected chi connectivity index (χ1v) is 8.89. The number of nitrogens with one attached hydrogen (secondary N) is 1. The smallest absolute Gasteiger partial charge is 0.237 e.